The first-order chi connectivity index (χ1) is 47.3. The van der Waals surface area contributed by atoms with Gasteiger partial charge in [-0.05, 0) is 43.4 Å². The second kappa shape index (κ2) is 69.4. The molecule has 17 nitrogen and oxygen atoms in total. The average Bonchev–Trinajstić information content (AvgIpc) is 1.97. The molecule has 0 aromatic carbocycles. The van der Waals surface area contributed by atoms with E-state index in [9.17, 15) is 43.2 Å². The number of carbonyl (C=O) groups is 4. The summed E-state index contributed by atoms with van der Waals surface area (Å²) in [5.74, 6) is 0.269. The van der Waals surface area contributed by atoms with Crippen molar-refractivity contribution in [1.82, 2.24) is 0 Å². The van der Waals surface area contributed by atoms with Crippen molar-refractivity contribution in [3.63, 3.8) is 0 Å². The van der Waals surface area contributed by atoms with Crippen LogP contribution in [0.2, 0.25) is 0 Å². The van der Waals surface area contributed by atoms with Gasteiger partial charge in [0.1, 0.15) is 19.3 Å². The first-order valence-corrected chi connectivity index (χ1v) is 43.9. The van der Waals surface area contributed by atoms with Gasteiger partial charge in [-0.25, -0.2) is 9.13 Å². The van der Waals surface area contributed by atoms with Crippen LogP contribution < -0.4 is 0 Å². The zero-order valence-corrected chi connectivity index (χ0v) is 66.0. The molecule has 0 aromatic rings. The van der Waals surface area contributed by atoms with E-state index in [4.69, 9.17) is 37.0 Å². The maximum atomic E-state index is 13.1. The molecule has 582 valence electrons. The third kappa shape index (κ3) is 71.1. The van der Waals surface area contributed by atoms with E-state index in [1.54, 1.807) is 0 Å². The van der Waals surface area contributed by atoms with Crippen molar-refractivity contribution < 1.29 is 80.2 Å². The molecule has 0 aliphatic heterocycles. The summed E-state index contributed by atoms with van der Waals surface area (Å²) in [5, 5.41) is 10.6. The number of aliphatic hydroxyl groups is 1. The Hall–Kier alpha value is -1.94. The molecule has 0 saturated heterocycles. The second-order valence-corrected chi connectivity index (χ2v) is 32.6. The molecule has 0 radical (unpaired) electrons. The number of phosphoric acid groups is 2. The van der Waals surface area contributed by atoms with E-state index in [2.05, 4.69) is 48.5 Å². The first-order valence-electron chi connectivity index (χ1n) is 40.9. The topological polar surface area (TPSA) is 237 Å². The summed E-state index contributed by atoms with van der Waals surface area (Å²) in [5.41, 5.74) is 0. The normalized spacial score (nSPS) is 14.3. The highest BCUT2D eigenvalue weighted by Crippen LogP contribution is 2.45. The number of phosphoric ester groups is 2. The maximum absolute atomic E-state index is 13.1. The number of aliphatic hydroxyl groups excluding tert-OH is 1. The largest absolute Gasteiger partial charge is 0.472 e. The van der Waals surface area contributed by atoms with Gasteiger partial charge in [-0.2, -0.15) is 0 Å². The van der Waals surface area contributed by atoms with E-state index >= 15 is 0 Å². The summed E-state index contributed by atoms with van der Waals surface area (Å²) in [6, 6.07) is 0. The molecule has 98 heavy (non-hydrogen) atoms. The van der Waals surface area contributed by atoms with Crippen LogP contribution in [0.15, 0.2) is 0 Å². The summed E-state index contributed by atoms with van der Waals surface area (Å²) >= 11 is 0. The lowest BCUT2D eigenvalue weighted by Crippen LogP contribution is -2.30. The fraction of sp³-hybridized carbons (Fsp3) is 0.949. The van der Waals surface area contributed by atoms with Crippen LogP contribution in [-0.4, -0.2) is 96.7 Å². The molecule has 0 heterocycles. The highest BCUT2D eigenvalue weighted by atomic mass is 31.2. The Morgan fingerprint density at radius 2 is 0.520 bits per heavy atom. The van der Waals surface area contributed by atoms with Gasteiger partial charge in [0.05, 0.1) is 26.4 Å². The third-order valence-electron chi connectivity index (χ3n) is 18.7. The lowest BCUT2D eigenvalue weighted by atomic mass is 9.99. The van der Waals surface area contributed by atoms with Crippen LogP contribution in [0.3, 0.4) is 0 Å². The van der Waals surface area contributed by atoms with E-state index in [1.807, 2.05) is 0 Å². The molecule has 0 spiro atoms. The SMILES string of the molecule is CCCCCCCCCCCCCC(=O)OC[C@H](COP(=O)(O)OC[C@H](O)COP(=O)(O)OC[C@@H](COC(=O)CCCCCCCCCCCCCCCCC(C)C)OC(=O)CCCCCCCCCCCCCCCCC(C)CC)OC(=O)CCCCCCCCCCCC(C)C. The van der Waals surface area contributed by atoms with Gasteiger partial charge in [0.2, 0.25) is 0 Å². The number of hydrogen-bond acceptors (Lipinski definition) is 15. The summed E-state index contributed by atoms with van der Waals surface area (Å²) in [4.78, 5) is 72.9. The number of hydrogen-bond donors (Lipinski definition) is 3. The Morgan fingerprint density at radius 3 is 0.776 bits per heavy atom. The Bertz CT molecular complexity index is 1910. The van der Waals surface area contributed by atoms with Crippen LogP contribution in [0.5, 0.6) is 0 Å². The zero-order chi connectivity index (χ0) is 72.3. The van der Waals surface area contributed by atoms with Gasteiger partial charge >= 0.3 is 39.5 Å². The van der Waals surface area contributed by atoms with Gasteiger partial charge < -0.3 is 33.8 Å². The Balaban J connectivity index is 5.25. The van der Waals surface area contributed by atoms with Gasteiger partial charge in [-0.3, -0.25) is 37.3 Å². The number of carbonyl (C=O) groups excluding carboxylic acids is 4. The van der Waals surface area contributed by atoms with E-state index < -0.39 is 97.5 Å². The first kappa shape index (κ1) is 96.1. The van der Waals surface area contributed by atoms with E-state index in [0.29, 0.717) is 25.7 Å². The van der Waals surface area contributed by atoms with Gasteiger partial charge in [0.25, 0.3) is 0 Å². The van der Waals surface area contributed by atoms with Crippen molar-refractivity contribution in [2.45, 2.75) is 426 Å². The minimum atomic E-state index is -4.96. The molecule has 0 rings (SSSR count). The Kier molecular flexibility index (Phi) is 68.1. The molecule has 0 fully saturated rings. The van der Waals surface area contributed by atoms with Crippen molar-refractivity contribution in [2.75, 3.05) is 39.6 Å². The fourth-order valence-electron chi connectivity index (χ4n) is 12.1. The molecule has 3 N–H and O–H groups in total. The van der Waals surface area contributed by atoms with E-state index in [0.717, 1.165) is 108 Å². The van der Waals surface area contributed by atoms with Crippen molar-refractivity contribution in [3.05, 3.63) is 0 Å². The maximum Gasteiger partial charge on any atom is 0.472 e. The van der Waals surface area contributed by atoms with E-state index in [-0.39, 0.29) is 25.7 Å². The highest BCUT2D eigenvalue weighted by molar-refractivity contribution is 7.47. The lowest BCUT2D eigenvalue weighted by molar-refractivity contribution is -0.161. The quantitative estimate of drug-likeness (QED) is 0.0222. The highest BCUT2D eigenvalue weighted by Gasteiger charge is 2.30. The van der Waals surface area contributed by atoms with Gasteiger partial charge in [0.15, 0.2) is 12.2 Å². The van der Waals surface area contributed by atoms with Gasteiger partial charge in [-0.15, -0.1) is 0 Å². The average molecular weight is 1440 g/mol. The molecule has 0 aliphatic carbocycles. The minimum absolute atomic E-state index is 0.105. The van der Waals surface area contributed by atoms with Crippen molar-refractivity contribution >= 4 is 39.5 Å². The molecule has 6 atom stereocenters. The molecule has 0 aromatic heterocycles. The summed E-state index contributed by atoms with van der Waals surface area (Å²) in [6.45, 7) is 12.0. The Morgan fingerprint density at radius 1 is 0.296 bits per heavy atom. The van der Waals surface area contributed by atoms with Gasteiger partial charge in [0, 0.05) is 25.7 Å². The van der Waals surface area contributed by atoms with Crippen LogP contribution in [-0.2, 0) is 65.4 Å². The van der Waals surface area contributed by atoms with Crippen molar-refractivity contribution in [2.24, 2.45) is 17.8 Å². The summed E-state index contributed by atoms with van der Waals surface area (Å²) in [6.07, 6.45) is 56.7. The fourth-order valence-corrected chi connectivity index (χ4v) is 13.7. The molecule has 0 saturated carbocycles. The standard InChI is InChI=1S/C79H154O17P2/c1-8-10-11-12-13-14-23-32-39-46-53-60-76(81)89-67-75(96-79(84)63-56-49-42-35-28-30-37-44-51-58-71(5)6)69-94-98(87,88)92-65-73(80)64-91-97(85,86)93-68-74(66-90-77(82)61-54-47-40-33-26-21-17-15-19-24-29-36-43-50-57-70(3)4)95-78(83)62-55-48-41-34-27-22-18-16-20-25-31-38-45-52-59-72(7)9-2/h70-75,80H,8-69H2,1-7H3,(H,85,86)(H,87,88)/t72?,73-,74-,75-/m1/s1. The summed E-state index contributed by atoms with van der Waals surface area (Å²) < 4.78 is 68.6. The zero-order valence-electron chi connectivity index (χ0n) is 64.3. The van der Waals surface area contributed by atoms with Crippen molar-refractivity contribution in [3.8, 4) is 0 Å². The van der Waals surface area contributed by atoms with Crippen LogP contribution in [0, 0.1) is 17.8 Å². The number of rotatable bonds is 77. The lowest BCUT2D eigenvalue weighted by Gasteiger charge is -2.21. The summed E-state index contributed by atoms with van der Waals surface area (Å²) in [7, 11) is -9.92. The molecule has 0 aliphatic rings. The molecule has 0 bridgehead atoms. The molecule has 19 heteroatoms. The van der Waals surface area contributed by atoms with Crippen LogP contribution in [0.4, 0.5) is 0 Å². The molecule has 0 amide bonds. The van der Waals surface area contributed by atoms with Crippen LogP contribution >= 0.6 is 15.6 Å². The molecule has 3 unspecified atom stereocenters. The predicted molar refractivity (Wildman–Crippen MR) is 400 cm³/mol. The third-order valence-corrected chi connectivity index (χ3v) is 20.6. The second-order valence-electron chi connectivity index (χ2n) is 29.6. The number of esters is 4. The van der Waals surface area contributed by atoms with Crippen molar-refractivity contribution in [1.29, 1.82) is 0 Å². The number of unbranched alkanes of at least 4 members (excludes halogenated alkanes) is 44. The monoisotopic (exact) mass is 1440 g/mol. The van der Waals surface area contributed by atoms with Crippen LogP contribution in [0.25, 0.3) is 0 Å². The molecular weight excluding hydrogens is 1280 g/mol. The van der Waals surface area contributed by atoms with Gasteiger partial charge in [-0.1, -0.05) is 357 Å². The number of ether oxygens (including phenoxy) is 4. The van der Waals surface area contributed by atoms with E-state index in [1.165, 1.54) is 218 Å². The smallest absolute Gasteiger partial charge is 0.462 e. The van der Waals surface area contributed by atoms with Crippen LogP contribution in [0.1, 0.15) is 408 Å². The molecular formula is C79H154O17P2. The Labute approximate surface area is 600 Å². The minimum Gasteiger partial charge on any atom is -0.462 e. The predicted octanol–water partition coefficient (Wildman–Crippen LogP) is 23.4.